The Bertz CT molecular complexity index is 378. The average Bonchev–Trinajstić information content (AvgIpc) is 2.40. The molecule has 3 heteroatoms. The second kappa shape index (κ2) is 5.91. The molecule has 0 aliphatic heterocycles. The van der Waals surface area contributed by atoms with Crippen molar-refractivity contribution in [2.24, 2.45) is 17.1 Å². The zero-order valence-electron chi connectivity index (χ0n) is 12.0. The minimum absolute atomic E-state index is 0.0708. The first-order valence-corrected chi connectivity index (χ1v) is 7.32. The van der Waals surface area contributed by atoms with Crippen molar-refractivity contribution in [3.8, 4) is 0 Å². The van der Waals surface area contributed by atoms with Crippen molar-refractivity contribution in [2.45, 2.75) is 58.1 Å². The Morgan fingerprint density at radius 3 is 2.53 bits per heavy atom. The van der Waals surface area contributed by atoms with E-state index < -0.39 is 6.04 Å². The van der Waals surface area contributed by atoms with E-state index in [1.54, 1.807) is 6.92 Å². The molecule has 0 saturated heterocycles. The van der Waals surface area contributed by atoms with Gasteiger partial charge in [0.1, 0.15) is 12.1 Å². The van der Waals surface area contributed by atoms with Gasteiger partial charge in [0.05, 0.1) is 0 Å². The Morgan fingerprint density at radius 2 is 2.00 bits per heavy atom. The zero-order chi connectivity index (χ0) is 13.9. The molecule has 106 valence electrons. The van der Waals surface area contributed by atoms with Crippen molar-refractivity contribution < 1.29 is 9.53 Å². The molecule has 0 aromatic rings. The first-order valence-electron chi connectivity index (χ1n) is 7.32. The highest BCUT2D eigenvalue weighted by Crippen LogP contribution is 2.44. The topological polar surface area (TPSA) is 52.3 Å². The summed E-state index contributed by atoms with van der Waals surface area (Å²) in [6.45, 7) is 4.01. The lowest BCUT2D eigenvalue weighted by molar-refractivity contribution is -0.152. The van der Waals surface area contributed by atoms with Gasteiger partial charge in [-0.1, -0.05) is 31.2 Å². The van der Waals surface area contributed by atoms with Crippen LogP contribution < -0.4 is 5.73 Å². The van der Waals surface area contributed by atoms with E-state index in [1.165, 1.54) is 0 Å². The van der Waals surface area contributed by atoms with Crippen LogP contribution in [0.25, 0.3) is 0 Å². The molecule has 1 fully saturated rings. The summed E-state index contributed by atoms with van der Waals surface area (Å²) in [6, 6.07) is -0.512. The van der Waals surface area contributed by atoms with Crippen LogP contribution in [-0.4, -0.2) is 18.1 Å². The monoisotopic (exact) mass is 263 g/mol. The summed E-state index contributed by atoms with van der Waals surface area (Å²) in [5.41, 5.74) is 5.81. The summed E-state index contributed by atoms with van der Waals surface area (Å²) in [5.74, 6) is 0.425. The fraction of sp³-hybridized carbons (Fsp3) is 0.688. The molecule has 2 N–H and O–H groups in total. The normalized spacial score (nSPS) is 35.9. The number of ether oxygens (including phenoxy) is 1. The number of nitrogens with two attached hydrogens (primary N) is 1. The second-order valence-corrected chi connectivity index (χ2v) is 6.20. The third-order valence-electron chi connectivity index (χ3n) is 4.54. The van der Waals surface area contributed by atoms with Crippen molar-refractivity contribution in [1.29, 1.82) is 0 Å². The van der Waals surface area contributed by atoms with E-state index in [0.29, 0.717) is 5.92 Å². The Balaban J connectivity index is 1.84. The number of allylic oxidation sites excluding steroid dienone is 4. The quantitative estimate of drug-likeness (QED) is 0.796. The standard InChI is InChI=1S/C16H25NO2/c1-12(17)15(18)19-14-8-6-13(7-9-14)16(2)10-4-3-5-11-16/h3-5,10,12-14H,6-9,11,17H2,1-2H3/t12-,13-,14-,16?/m0/s1. The summed E-state index contributed by atoms with van der Waals surface area (Å²) < 4.78 is 5.43. The van der Waals surface area contributed by atoms with Crippen LogP contribution >= 0.6 is 0 Å². The Hall–Kier alpha value is -1.09. The van der Waals surface area contributed by atoms with Gasteiger partial charge < -0.3 is 10.5 Å². The number of esters is 1. The molecule has 0 bridgehead atoms. The highest BCUT2D eigenvalue weighted by atomic mass is 16.5. The summed E-state index contributed by atoms with van der Waals surface area (Å²) >= 11 is 0. The Labute approximate surface area is 115 Å². The molecule has 2 aliphatic rings. The van der Waals surface area contributed by atoms with Crippen LogP contribution in [0.2, 0.25) is 0 Å². The SMILES string of the molecule is C[C@H](N)C(=O)O[C@H]1CC[C@H](C2(C)C=CC=CC2)CC1. The maximum atomic E-state index is 11.5. The molecule has 2 aliphatic carbocycles. The van der Waals surface area contributed by atoms with Crippen LogP contribution in [-0.2, 0) is 9.53 Å². The van der Waals surface area contributed by atoms with E-state index >= 15 is 0 Å². The summed E-state index contributed by atoms with van der Waals surface area (Å²) in [7, 11) is 0. The molecular formula is C16H25NO2. The summed E-state index contributed by atoms with van der Waals surface area (Å²) in [6.07, 6.45) is 14.3. The highest BCUT2D eigenvalue weighted by molar-refractivity contribution is 5.75. The van der Waals surface area contributed by atoms with Crippen LogP contribution in [0.4, 0.5) is 0 Å². The molecule has 2 atom stereocenters. The van der Waals surface area contributed by atoms with Crippen molar-refractivity contribution in [3.63, 3.8) is 0 Å². The number of carbonyl (C=O) groups excluding carboxylic acids is 1. The van der Waals surface area contributed by atoms with Gasteiger partial charge in [0.2, 0.25) is 0 Å². The Morgan fingerprint density at radius 1 is 1.32 bits per heavy atom. The molecular weight excluding hydrogens is 238 g/mol. The van der Waals surface area contributed by atoms with Crippen LogP contribution in [0.3, 0.4) is 0 Å². The van der Waals surface area contributed by atoms with E-state index in [2.05, 4.69) is 31.2 Å². The van der Waals surface area contributed by atoms with Crippen LogP contribution in [0.1, 0.15) is 46.0 Å². The zero-order valence-corrected chi connectivity index (χ0v) is 12.0. The lowest BCUT2D eigenvalue weighted by atomic mass is 9.66. The van der Waals surface area contributed by atoms with E-state index in [9.17, 15) is 4.79 Å². The lowest BCUT2D eigenvalue weighted by Gasteiger charge is -2.40. The minimum Gasteiger partial charge on any atom is -0.461 e. The predicted octanol–water partition coefficient (Wildman–Crippen LogP) is 2.96. The Kier molecular flexibility index (Phi) is 4.46. The predicted molar refractivity (Wildman–Crippen MR) is 76.5 cm³/mol. The van der Waals surface area contributed by atoms with Crippen LogP contribution in [0.15, 0.2) is 24.3 Å². The van der Waals surface area contributed by atoms with Crippen LogP contribution in [0.5, 0.6) is 0 Å². The number of carbonyl (C=O) groups is 1. The average molecular weight is 263 g/mol. The minimum atomic E-state index is -0.512. The number of hydrogen-bond donors (Lipinski definition) is 1. The highest BCUT2D eigenvalue weighted by Gasteiger charge is 2.35. The van der Waals surface area contributed by atoms with Gasteiger partial charge in [-0.3, -0.25) is 4.79 Å². The number of hydrogen-bond acceptors (Lipinski definition) is 3. The molecule has 0 aromatic carbocycles. The van der Waals surface area contributed by atoms with Gasteiger partial charge in [-0.05, 0) is 50.4 Å². The van der Waals surface area contributed by atoms with Gasteiger partial charge in [0, 0.05) is 0 Å². The third kappa shape index (κ3) is 3.47. The van der Waals surface area contributed by atoms with Gasteiger partial charge >= 0.3 is 5.97 Å². The second-order valence-electron chi connectivity index (χ2n) is 6.20. The molecule has 2 rings (SSSR count). The molecule has 0 amide bonds. The molecule has 19 heavy (non-hydrogen) atoms. The molecule has 1 saturated carbocycles. The van der Waals surface area contributed by atoms with Crippen molar-refractivity contribution in [2.75, 3.05) is 0 Å². The fourth-order valence-electron chi connectivity index (χ4n) is 3.16. The maximum absolute atomic E-state index is 11.5. The van der Waals surface area contributed by atoms with Crippen molar-refractivity contribution in [1.82, 2.24) is 0 Å². The molecule has 3 nitrogen and oxygen atoms in total. The first-order chi connectivity index (χ1) is 9.01. The van der Waals surface area contributed by atoms with E-state index in [1.807, 2.05) is 0 Å². The summed E-state index contributed by atoms with van der Waals surface area (Å²) in [5, 5.41) is 0. The van der Waals surface area contributed by atoms with Gasteiger partial charge in [-0.15, -0.1) is 0 Å². The number of rotatable bonds is 3. The van der Waals surface area contributed by atoms with Gasteiger partial charge in [-0.2, -0.15) is 0 Å². The van der Waals surface area contributed by atoms with E-state index in [4.69, 9.17) is 10.5 Å². The van der Waals surface area contributed by atoms with Gasteiger partial charge in [0.15, 0.2) is 0 Å². The van der Waals surface area contributed by atoms with E-state index in [0.717, 1.165) is 32.1 Å². The first kappa shape index (κ1) is 14.3. The van der Waals surface area contributed by atoms with Crippen molar-refractivity contribution in [3.05, 3.63) is 24.3 Å². The van der Waals surface area contributed by atoms with E-state index in [-0.39, 0.29) is 17.5 Å². The molecule has 0 spiro atoms. The summed E-state index contributed by atoms with van der Waals surface area (Å²) in [4.78, 5) is 11.5. The maximum Gasteiger partial charge on any atom is 0.322 e. The fourth-order valence-corrected chi connectivity index (χ4v) is 3.16. The molecule has 0 heterocycles. The lowest BCUT2D eigenvalue weighted by Crippen LogP contribution is -2.36. The van der Waals surface area contributed by atoms with Crippen LogP contribution in [0, 0.1) is 11.3 Å². The largest absolute Gasteiger partial charge is 0.461 e. The van der Waals surface area contributed by atoms with Gasteiger partial charge in [-0.25, -0.2) is 0 Å². The smallest absolute Gasteiger partial charge is 0.322 e. The molecule has 1 unspecified atom stereocenters. The third-order valence-corrected chi connectivity index (χ3v) is 4.54. The molecule has 0 radical (unpaired) electrons. The van der Waals surface area contributed by atoms with Gasteiger partial charge in [0.25, 0.3) is 0 Å². The van der Waals surface area contributed by atoms with Crippen molar-refractivity contribution >= 4 is 5.97 Å². The molecule has 0 aromatic heterocycles.